The second kappa shape index (κ2) is 6.00. The van der Waals surface area contributed by atoms with Crippen molar-refractivity contribution in [3.8, 4) is 0 Å². The summed E-state index contributed by atoms with van der Waals surface area (Å²) >= 11 is 0. The van der Waals surface area contributed by atoms with E-state index in [-0.39, 0.29) is 5.95 Å². The molecule has 1 aromatic heterocycles. The number of aryl methyl sites for hydroxylation is 1. The molecular weight excluding hydrogens is 220 g/mol. The van der Waals surface area contributed by atoms with Crippen LogP contribution in [0.3, 0.4) is 0 Å². The van der Waals surface area contributed by atoms with Gasteiger partial charge in [0.1, 0.15) is 5.82 Å². The van der Waals surface area contributed by atoms with Gasteiger partial charge in [0.25, 0.3) is 0 Å². The van der Waals surface area contributed by atoms with Gasteiger partial charge in [-0.05, 0) is 21.0 Å². The van der Waals surface area contributed by atoms with E-state index in [0.29, 0.717) is 5.82 Å². The number of hydrogen-bond donors (Lipinski definition) is 3. The predicted octanol–water partition coefficient (Wildman–Crippen LogP) is 0.249. The molecule has 0 aliphatic carbocycles. The first-order chi connectivity index (χ1) is 7.97. The van der Waals surface area contributed by atoms with Crippen LogP contribution in [0.15, 0.2) is 6.07 Å². The molecule has 0 saturated carbocycles. The molecule has 1 rings (SSSR count). The second-order valence-electron chi connectivity index (χ2n) is 3.94. The van der Waals surface area contributed by atoms with Crippen molar-refractivity contribution in [2.75, 3.05) is 37.8 Å². The highest BCUT2D eigenvalue weighted by Gasteiger charge is 2.03. The number of urea groups is 1. The van der Waals surface area contributed by atoms with Crippen LogP contribution in [0.2, 0.25) is 0 Å². The Morgan fingerprint density at radius 2 is 2.18 bits per heavy atom. The van der Waals surface area contributed by atoms with Crippen LogP contribution < -0.4 is 16.4 Å². The maximum atomic E-state index is 10.7. The van der Waals surface area contributed by atoms with Crippen LogP contribution in [-0.2, 0) is 0 Å². The quantitative estimate of drug-likeness (QED) is 0.683. The summed E-state index contributed by atoms with van der Waals surface area (Å²) in [6.07, 6.45) is 0. The van der Waals surface area contributed by atoms with Gasteiger partial charge in [0.2, 0.25) is 5.95 Å². The highest BCUT2D eigenvalue weighted by molar-refractivity contribution is 5.85. The van der Waals surface area contributed by atoms with Gasteiger partial charge >= 0.3 is 6.03 Å². The van der Waals surface area contributed by atoms with Crippen molar-refractivity contribution in [1.82, 2.24) is 14.9 Å². The van der Waals surface area contributed by atoms with Gasteiger partial charge in [-0.3, -0.25) is 5.32 Å². The van der Waals surface area contributed by atoms with E-state index in [9.17, 15) is 4.79 Å². The van der Waals surface area contributed by atoms with Gasteiger partial charge < -0.3 is 16.0 Å². The molecular formula is C10H18N6O. The number of carbonyl (C=O) groups excluding carboxylic acids is 1. The molecule has 94 valence electrons. The Morgan fingerprint density at radius 3 is 2.76 bits per heavy atom. The van der Waals surface area contributed by atoms with E-state index >= 15 is 0 Å². The number of nitrogens with zero attached hydrogens (tertiary/aromatic N) is 3. The maximum absolute atomic E-state index is 10.7. The summed E-state index contributed by atoms with van der Waals surface area (Å²) in [5, 5.41) is 5.50. The van der Waals surface area contributed by atoms with Crippen molar-refractivity contribution >= 4 is 17.8 Å². The zero-order chi connectivity index (χ0) is 12.8. The van der Waals surface area contributed by atoms with Gasteiger partial charge in [-0.1, -0.05) is 0 Å². The molecule has 0 unspecified atom stereocenters. The highest BCUT2D eigenvalue weighted by atomic mass is 16.2. The molecule has 0 atom stereocenters. The monoisotopic (exact) mass is 238 g/mol. The standard InChI is InChI=1S/C10H18N6O/c1-7-6-8(12-4-5-16(2)3)14-10(13-7)15-9(11)17/h6H,4-5H2,1-3H3,(H4,11,12,13,14,15,17). The molecule has 4 N–H and O–H groups in total. The summed E-state index contributed by atoms with van der Waals surface area (Å²) in [4.78, 5) is 20.9. The number of primary amides is 1. The largest absolute Gasteiger partial charge is 0.369 e. The molecule has 0 aromatic carbocycles. The van der Waals surface area contributed by atoms with Gasteiger partial charge in [0.15, 0.2) is 0 Å². The molecule has 0 radical (unpaired) electrons. The fourth-order valence-electron chi connectivity index (χ4n) is 1.23. The highest BCUT2D eigenvalue weighted by Crippen LogP contribution is 2.08. The lowest BCUT2D eigenvalue weighted by molar-refractivity contribution is 0.259. The smallest absolute Gasteiger partial charge is 0.319 e. The lowest BCUT2D eigenvalue weighted by Crippen LogP contribution is -2.23. The van der Waals surface area contributed by atoms with Crippen molar-refractivity contribution in [2.24, 2.45) is 5.73 Å². The zero-order valence-corrected chi connectivity index (χ0v) is 10.3. The lowest BCUT2D eigenvalue weighted by atomic mass is 10.4. The number of rotatable bonds is 5. The van der Waals surface area contributed by atoms with Gasteiger partial charge in [0.05, 0.1) is 0 Å². The molecule has 1 aromatic rings. The van der Waals surface area contributed by atoms with E-state index in [1.165, 1.54) is 0 Å². The number of nitrogens with one attached hydrogen (secondary N) is 2. The molecule has 1 heterocycles. The molecule has 0 bridgehead atoms. The predicted molar refractivity (Wildman–Crippen MR) is 67.0 cm³/mol. The molecule has 0 fully saturated rings. The number of aromatic nitrogens is 2. The molecule has 0 saturated heterocycles. The van der Waals surface area contributed by atoms with Crippen LogP contribution in [-0.4, -0.2) is 48.1 Å². The maximum Gasteiger partial charge on any atom is 0.319 e. The molecule has 7 heteroatoms. The summed E-state index contributed by atoms with van der Waals surface area (Å²) in [6, 6.07) is 1.14. The zero-order valence-electron chi connectivity index (χ0n) is 10.3. The first-order valence-corrected chi connectivity index (χ1v) is 5.28. The van der Waals surface area contributed by atoms with E-state index in [1.807, 2.05) is 27.1 Å². The van der Waals surface area contributed by atoms with Crippen LogP contribution in [0, 0.1) is 6.92 Å². The first kappa shape index (κ1) is 13.2. The first-order valence-electron chi connectivity index (χ1n) is 5.28. The van der Waals surface area contributed by atoms with Crippen molar-refractivity contribution in [1.29, 1.82) is 0 Å². The van der Waals surface area contributed by atoms with Crippen molar-refractivity contribution in [2.45, 2.75) is 6.92 Å². The third-order valence-electron chi connectivity index (χ3n) is 1.95. The minimum absolute atomic E-state index is 0.213. The molecule has 0 aliphatic heterocycles. The molecule has 0 spiro atoms. The summed E-state index contributed by atoms with van der Waals surface area (Å²) in [5.41, 5.74) is 5.77. The SMILES string of the molecule is Cc1cc(NCCN(C)C)nc(NC(N)=O)n1. The summed E-state index contributed by atoms with van der Waals surface area (Å²) in [6.45, 7) is 3.48. The lowest BCUT2D eigenvalue weighted by Gasteiger charge is -2.11. The Balaban J connectivity index is 2.65. The van der Waals surface area contributed by atoms with Crippen molar-refractivity contribution in [3.63, 3.8) is 0 Å². The van der Waals surface area contributed by atoms with Crippen LogP contribution in [0.5, 0.6) is 0 Å². The second-order valence-corrected chi connectivity index (χ2v) is 3.94. The van der Waals surface area contributed by atoms with Crippen LogP contribution >= 0.6 is 0 Å². The fourth-order valence-corrected chi connectivity index (χ4v) is 1.23. The minimum Gasteiger partial charge on any atom is -0.369 e. The van der Waals surface area contributed by atoms with Crippen molar-refractivity contribution < 1.29 is 4.79 Å². The summed E-state index contributed by atoms with van der Waals surface area (Å²) < 4.78 is 0. The number of likely N-dealkylation sites (N-methyl/N-ethyl adjacent to an activating group) is 1. The van der Waals surface area contributed by atoms with E-state index in [4.69, 9.17) is 5.73 Å². The Kier molecular flexibility index (Phi) is 4.65. The van der Waals surface area contributed by atoms with Crippen LogP contribution in [0.1, 0.15) is 5.69 Å². The van der Waals surface area contributed by atoms with Gasteiger partial charge in [-0.25, -0.2) is 9.78 Å². The van der Waals surface area contributed by atoms with Gasteiger partial charge in [-0.2, -0.15) is 4.98 Å². The fraction of sp³-hybridized carbons (Fsp3) is 0.500. The molecule has 7 nitrogen and oxygen atoms in total. The Labute approximate surface area is 100 Å². The van der Waals surface area contributed by atoms with E-state index in [2.05, 4.69) is 25.5 Å². The van der Waals surface area contributed by atoms with E-state index in [1.54, 1.807) is 0 Å². The molecule has 17 heavy (non-hydrogen) atoms. The third kappa shape index (κ3) is 5.12. The number of nitrogens with two attached hydrogens (primary N) is 1. The van der Waals surface area contributed by atoms with Crippen molar-refractivity contribution in [3.05, 3.63) is 11.8 Å². The number of carbonyl (C=O) groups is 1. The number of anilines is 2. The number of hydrogen-bond acceptors (Lipinski definition) is 5. The Hall–Kier alpha value is -1.89. The van der Waals surface area contributed by atoms with Gasteiger partial charge in [0, 0.05) is 24.8 Å². The number of amides is 2. The third-order valence-corrected chi connectivity index (χ3v) is 1.95. The average molecular weight is 238 g/mol. The summed E-state index contributed by atoms with van der Waals surface area (Å²) in [7, 11) is 3.99. The van der Waals surface area contributed by atoms with Gasteiger partial charge in [-0.15, -0.1) is 0 Å². The molecule has 0 aliphatic rings. The average Bonchev–Trinajstić information content (AvgIpc) is 2.14. The van der Waals surface area contributed by atoms with E-state index < -0.39 is 6.03 Å². The minimum atomic E-state index is -0.671. The Bertz CT molecular complexity index is 392. The topological polar surface area (TPSA) is 96.2 Å². The normalized spacial score (nSPS) is 10.4. The molecule has 2 amide bonds. The van der Waals surface area contributed by atoms with Crippen LogP contribution in [0.4, 0.5) is 16.6 Å². The van der Waals surface area contributed by atoms with E-state index in [0.717, 1.165) is 18.8 Å². The Morgan fingerprint density at radius 1 is 1.47 bits per heavy atom. The summed E-state index contributed by atoms with van der Waals surface area (Å²) in [5.74, 6) is 0.882. The van der Waals surface area contributed by atoms with Crippen LogP contribution in [0.25, 0.3) is 0 Å².